The van der Waals surface area contributed by atoms with Gasteiger partial charge < -0.3 is 4.57 Å². The SMILES string of the molecule is CCCCC(CCC)n1ccnc1. The minimum absolute atomic E-state index is 0.674. The van der Waals surface area contributed by atoms with Crippen molar-refractivity contribution in [2.75, 3.05) is 0 Å². The van der Waals surface area contributed by atoms with Crippen molar-refractivity contribution < 1.29 is 0 Å². The van der Waals surface area contributed by atoms with Crippen LogP contribution in [-0.2, 0) is 0 Å². The van der Waals surface area contributed by atoms with E-state index in [9.17, 15) is 0 Å². The maximum Gasteiger partial charge on any atom is 0.0948 e. The summed E-state index contributed by atoms with van der Waals surface area (Å²) in [6.45, 7) is 4.49. The van der Waals surface area contributed by atoms with Crippen LogP contribution in [0.15, 0.2) is 18.7 Å². The van der Waals surface area contributed by atoms with Gasteiger partial charge in [-0.3, -0.25) is 0 Å². The molecule has 0 saturated carbocycles. The molecule has 0 N–H and O–H groups in total. The van der Waals surface area contributed by atoms with Crippen molar-refractivity contribution in [3.05, 3.63) is 18.7 Å². The highest BCUT2D eigenvalue weighted by Crippen LogP contribution is 2.19. The highest BCUT2D eigenvalue weighted by atomic mass is 15.0. The van der Waals surface area contributed by atoms with Gasteiger partial charge in [0.05, 0.1) is 6.33 Å². The summed E-state index contributed by atoms with van der Waals surface area (Å²) in [6, 6.07) is 0.674. The van der Waals surface area contributed by atoms with Crippen LogP contribution in [0, 0.1) is 0 Å². The molecule has 0 aliphatic rings. The average Bonchev–Trinajstić information content (AvgIpc) is 2.65. The second-order valence-corrected chi connectivity index (χ2v) is 3.59. The Hall–Kier alpha value is -0.790. The van der Waals surface area contributed by atoms with E-state index in [0.29, 0.717) is 6.04 Å². The smallest absolute Gasteiger partial charge is 0.0948 e. The lowest BCUT2D eigenvalue weighted by Crippen LogP contribution is -2.06. The van der Waals surface area contributed by atoms with Crippen LogP contribution in [0.5, 0.6) is 0 Å². The fraction of sp³-hybridized carbons (Fsp3) is 0.727. The van der Waals surface area contributed by atoms with E-state index >= 15 is 0 Å². The largest absolute Gasteiger partial charge is 0.334 e. The van der Waals surface area contributed by atoms with E-state index < -0.39 is 0 Å². The zero-order valence-electron chi connectivity index (χ0n) is 8.74. The summed E-state index contributed by atoms with van der Waals surface area (Å²) in [4.78, 5) is 4.10. The van der Waals surface area contributed by atoms with E-state index in [4.69, 9.17) is 0 Å². The summed E-state index contributed by atoms with van der Waals surface area (Å²) in [5.74, 6) is 0. The van der Waals surface area contributed by atoms with Gasteiger partial charge in [-0.15, -0.1) is 0 Å². The second kappa shape index (κ2) is 5.79. The average molecular weight is 180 g/mol. The van der Waals surface area contributed by atoms with Gasteiger partial charge in [0.25, 0.3) is 0 Å². The van der Waals surface area contributed by atoms with Gasteiger partial charge in [-0.1, -0.05) is 33.1 Å². The summed E-state index contributed by atoms with van der Waals surface area (Å²) in [5, 5.41) is 0. The van der Waals surface area contributed by atoms with Gasteiger partial charge in [-0.25, -0.2) is 4.98 Å². The van der Waals surface area contributed by atoms with Gasteiger partial charge in [0.2, 0.25) is 0 Å². The number of hydrogen-bond acceptors (Lipinski definition) is 1. The molecule has 0 aliphatic carbocycles. The van der Waals surface area contributed by atoms with Gasteiger partial charge >= 0.3 is 0 Å². The first-order valence-corrected chi connectivity index (χ1v) is 5.36. The monoisotopic (exact) mass is 180 g/mol. The van der Waals surface area contributed by atoms with E-state index in [-0.39, 0.29) is 0 Å². The van der Waals surface area contributed by atoms with Crippen molar-refractivity contribution in [2.24, 2.45) is 0 Å². The zero-order chi connectivity index (χ0) is 9.52. The van der Waals surface area contributed by atoms with Crippen LogP contribution in [-0.4, -0.2) is 9.55 Å². The lowest BCUT2D eigenvalue weighted by molar-refractivity contribution is 0.417. The normalized spacial score (nSPS) is 13.1. The summed E-state index contributed by atoms with van der Waals surface area (Å²) < 4.78 is 2.25. The van der Waals surface area contributed by atoms with Crippen molar-refractivity contribution in [1.29, 1.82) is 0 Å². The van der Waals surface area contributed by atoms with Crippen molar-refractivity contribution in [1.82, 2.24) is 9.55 Å². The highest BCUT2D eigenvalue weighted by Gasteiger charge is 2.07. The summed E-state index contributed by atoms with van der Waals surface area (Å²) in [5.41, 5.74) is 0. The molecule has 0 bridgehead atoms. The lowest BCUT2D eigenvalue weighted by Gasteiger charge is -2.16. The Morgan fingerprint density at radius 1 is 1.23 bits per heavy atom. The van der Waals surface area contributed by atoms with Crippen molar-refractivity contribution in [3.63, 3.8) is 0 Å². The van der Waals surface area contributed by atoms with E-state index in [0.717, 1.165) is 0 Å². The van der Waals surface area contributed by atoms with Gasteiger partial charge in [0.1, 0.15) is 0 Å². The van der Waals surface area contributed by atoms with Crippen molar-refractivity contribution in [2.45, 2.75) is 52.0 Å². The van der Waals surface area contributed by atoms with E-state index in [1.165, 1.54) is 32.1 Å². The predicted octanol–water partition coefficient (Wildman–Crippen LogP) is 3.41. The Morgan fingerprint density at radius 2 is 2.08 bits per heavy atom. The zero-order valence-corrected chi connectivity index (χ0v) is 8.74. The van der Waals surface area contributed by atoms with Gasteiger partial charge in [-0.2, -0.15) is 0 Å². The molecule has 1 unspecified atom stereocenters. The molecule has 1 atom stereocenters. The lowest BCUT2D eigenvalue weighted by atomic mass is 10.1. The molecule has 2 heteroatoms. The van der Waals surface area contributed by atoms with Crippen LogP contribution in [0.4, 0.5) is 0 Å². The molecular formula is C11H20N2. The minimum atomic E-state index is 0.674. The Labute approximate surface area is 81.0 Å². The molecule has 1 rings (SSSR count). The van der Waals surface area contributed by atoms with Crippen LogP contribution < -0.4 is 0 Å². The molecule has 1 heterocycles. The number of unbranched alkanes of at least 4 members (excludes halogenated alkanes) is 1. The molecule has 13 heavy (non-hydrogen) atoms. The Kier molecular flexibility index (Phi) is 4.58. The molecule has 2 nitrogen and oxygen atoms in total. The van der Waals surface area contributed by atoms with Crippen LogP contribution >= 0.6 is 0 Å². The first kappa shape index (κ1) is 10.3. The van der Waals surface area contributed by atoms with Gasteiger partial charge in [0.15, 0.2) is 0 Å². The fourth-order valence-corrected chi connectivity index (χ4v) is 1.70. The van der Waals surface area contributed by atoms with Crippen LogP contribution in [0.1, 0.15) is 52.0 Å². The number of hydrogen-bond donors (Lipinski definition) is 0. The van der Waals surface area contributed by atoms with Gasteiger partial charge in [0, 0.05) is 18.4 Å². The molecule has 0 spiro atoms. The summed E-state index contributed by atoms with van der Waals surface area (Å²) >= 11 is 0. The van der Waals surface area contributed by atoms with Crippen molar-refractivity contribution in [3.8, 4) is 0 Å². The fourth-order valence-electron chi connectivity index (χ4n) is 1.70. The standard InChI is InChI=1S/C11H20N2/c1-3-5-7-11(6-4-2)13-9-8-12-10-13/h8-11H,3-7H2,1-2H3. The maximum absolute atomic E-state index is 4.10. The first-order valence-electron chi connectivity index (χ1n) is 5.36. The van der Waals surface area contributed by atoms with E-state index in [2.05, 4.69) is 29.6 Å². The third-order valence-electron chi connectivity index (χ3n) is 2.46. The number of imidazole rings is 1. The molecule has 1 aromatic heterocycles. The number of nitrogens with zero attached hydrogens (tertiary/aromatic N) is 2. The molecule has 0 saturated heterocycles. The highest BCUT2D eigenvalue weighted by molar-refractivity contribution is 4.80. The van der Waals surface area contributed by atoms with E-state index in [1.54, 1.807) is 0 Å². The third-order valence-corrected chi connectivity index (χ3v) is 2.46. The van der Waals surface area contributed by atoms with Gasteiger partial charge in [-0.05, 0) is 12.8 Å². The predicted molar refractivity (Wildman–Crippen MR) is 55.7 cm³/mol. The molecular weight excluding hydrogens is 160 g/mol. The third kappa shape index (κ3) is 3.21. The van der Waals surface area contributed by atoms with E-state index in [1.807, 2.05) is 12.5 Å². The Morgan fingerprint density at radius 3 is 2.62 bits per heavy atom. The minimum Gasteiger partial charge on any atom is -0.334 e. The molecule has 0 fully saturated rings. The van der Waals surface area contributed by atoms with Crippen LogP contribution in [0.2, 0.25) is 0 Å². The maximum atomic E-state index is 4.10. The second-order valence-electron chi connectivity index (χ2n) is 3.59. The molecule has 0 radical (unpaired) electrons. The van der Waals surface area contributed by atoms with Crippen molar-refractivity contribution >= 4 is 0 Å². The first-order chi connectivity index (χ1) is 6.38. The Balaban J connectivity index is 2.47. The number of rotatable bonds is 6. The molecule has 74 valence electrons. The summed E-state index contributed by atoms with van der Waals surface area (Å²) in [6.07, 6.45) is 12.3. The molecule has 0 amide bonds. The Bertz CT molecular complexity index is 204. The molecule has 0 aromatic carbocycles. The van der Waals surface area contributed by atoms with Crippen LogP contribution in [0.3, 0.4) is 0 Å². The number of aromatic nitrogens is 2. The molecule has 0 aliphatic heterocycles. The topological polar surface area (TPSA) is 17.8 Å². The summed E-state index contributed by atoms with van der Waals surface area (Å²) in [7, 11) is 0. The van der Waals surface area contributed by atoms with Crippen LogP contribution in [0.25, 0.3) is 0 Å². The quantitative estimate of drug-likeness (QED) is 0.656. The molecule has 1 aromatic rings.